The molecule has 3 aromatic rings. The topological polar surface area (TPSA) is 37.2 Å². The molecule has 0 amide bonds. The minimum atomic E-state index is 0.341. The SMILES string of the molecule is C=C(C)C.C=c1/c(=C\C)cc(-c2ccc(C)cc2O)n1C[C@@H]1CCCNC1.CC.CC.CCc1ccc(C)c(C)c1. The lowest BCUT2D eigenvalue weighted by Gasteiger charge is -2.24. The van der Waals surface area contributed by atoms with Gasteiger partial charge in [0, 0.05) is 17.5 Å². The number of phenolic OH excluding ortho intramolecular Hbond substituents is 1. The van der Waals surface area contributed by atoms with E-state index >= 15 is 0 Å². The first-order chi connectivity index (χ1) is 19.6. The number of aromatic nitrogens is 1. The molecule has 0 radical (unpaired) electrons. The van der Waals surface area contributed by atoms with Gasteiger partial charge in [0.15, 0.2) is 0 Å². The van der Waals surface area contributed by atoms with E-state index in [0.29, 0.717) is 11.7 Å². The highest BCUT2D eigenvalue weighted by atomic mass is 16.3. The first kappa shape index (κ1) is 38.0. The molecular weight excluding hydrogens is 500 g/mol. The molecule has 1 aliphatic rings. The summed E-state index contributed by atoms with van der Waals surface area (Å²) in [7, 11) is 0. The van der Waals surface area contributed by atoms with Gasteiger partial charge in [0.1, 0.15) is 5.75 Å². The molecule has 228 valence electrons. The largest absolute Gasteiger partial charge is 0.507 e. The smallest absolute Gasteiger partial charge is 0.125 e. The molecule has 3 nitrogen and oxygen atoms in total. The normalized spacial score (nSPS) is 14.1. The first-order valence-corrected chi connectivity index (χ1v) is 15.6. The van der Waals surface area contributed by atoms with E-state index in [0.717, 1.165) is 53.4 Å². The number of nitrogens with zero attached hydrogens (tertiary/aromatic N) is 1. The van der Waals surface area contributed by atoms with E-state index in [9.17, 15) is 5.11 Å². The van der Waals surface area contributed by atoms with Gasteiger partial charge in [0.05, 0.1) is 5.69 Å². The molecule has 0 saturated carbocycles. The van der Waals surface area contributed by atoms with Crippen LogP contribution >= 0.6 is 0 Å². The Morgan fingerprint density at radius 3 is 2.12 bits per heavy atom. The zero-order valence-electron chi connectivity index (χ0n) is 28.2. The molecule has 2 N–H and O–H groups in total. The number of aromatic hydroxyl groups is 1. The van der Waals surface area contributed by atoms with Gasteiger partial charge < -0.3 is 15.0 Å². The molecule has 1 fully saturated rings. The van der Waals surface area contributed by atoms with Gasteiger partial charge in [-0.1, -0.05) is 77.1 Å². The van der Waals surface area contributed by atoms with Crippen molar-refractivity contribution in [2.45, 2.75) is 102 Å². The number of hydrogen-bond donors (Lipinski definition) is 2. The Bertz CT molecular complexity index is 1270. The molecule has 0 aliphatic carbocycles. The number of piperidine rings is 1. The lowest BCUT2D eigenvalue weighted by molar-refractivity contribution is 0.336. The van der Waals surface area contributed by atoms with Crippen molar-refractivity contribution in [2.24, 2.45) is 5.92 Å². The van der Waals surface area contributed by atoms with Crippen LogP contribution in [0.2, 0.25) is 0 Å². The molecule has 1 saturated heterocycles. The highest BCUT2D eigenvalue weighted by molar-refractivity contribution is 5.68. The summed E-state index contributed by atoms with van der Waals surface area (Å²) in [5.74, 6) is 0.959. The van der Waals surface area contributed by atoms with Crippen molar-refractivity contribution in [3.8, 4) is 17.0 Å². The molecule has 0 bridgehead atoms. The molecule has 2 aromatic carbocycles. The van der Waals surface area contributed by atoms with Gasteiger partial charge in [-0.15, -0.1) is 6.58 Å². The van der Waals surface area contributed by atoms with E-state index in [1.54, 1.807) is 0 Å². The van der Waals surface area contributed by atoms with Gasteiger partial charge >= 0.3 is 0 Å². The summed E-state index contributed by atoms with van der Waals surface area (Å²) in [6.07, 6.45) is 5.71. The fourth-order valence-electron chi connectivity index (χ4n) is 4.51. The standard InChI is InChI=1S/C20H26N2O.C10H14.C4H8.2C2H6/c1-4-17-11-19(18-8-7-14(2)10-20(18)23)22(15(17)3)13-16-6-5-9-21-12-16;1-4-10-6-5-8(2)9(3)7-10;1-4(2)3;2*1-2/h4,7-8,10-11,16,21,23H,3,5-6,9,12-13H2,1-2H3;5-7H,4H2,1-3H3;1H2,2-3H3;2*1-2H3/b17-4-;;;;/t16-;;;;/m1..../s1. The van der Waals surface area contributed by atoms with Crippen LogP contribution in [0, 0.1) is 26.7 Å². The van der Waals surface area contributed by atoms with E-state index in [1.807, 2.05) is 73.6 Å². The number of hydrogen-bond acceptors (Lipinski definition) is 2. The number of phenols is 1. The minimum Gasteiger partial charge on any atom is -0.507 e. The summed E-state index contributed by atoms with van der Waals surface area (Å²) < 4.78 is 2.28. The Morgan fingerprint density at radius 2 is 1.63 bits per heavy atom. The Balaban J connectivity index is 0.000000738. The average molecular weight is 561 g/mol. The molecular formula is C38H60N2O. The zero-order chi connectivity index (χ0) is 31.5. The van der Waals surface area contributed by atoms with Crippen LogP contribution in [0.3, 0.4) is 0 Å². The third-order valence-electron chi connectivity index (χ3n) is 6.80. The van der Waals surface area contributed by atoms with Gasteiger partial charge in [-0.25, -0.2) is 0 Å². The van der Waals surface area contributed by atoms with Crippen LogP contribution in [0.1, 0.15) is 90.5 Å². The Kier molecular flexibility index (Phi) is 19.2. The molecule has 1 aliphatic heterocycles. The highest BCUT2D eigenvalue weighted by Gasteiger charge is 2.17. The van der Waals surface area contributed by atoms with Crippen LogP contribution in [-0.4, -0.2) is 22.8 Å². The summed E-state index contributed by atoms with van der Waals surface area (Å²) in [6.45, 7) is 33.4. The van der Waals surface area contributed by atoms with E-state index < -0.39 is 0 Å². The number of benzene rings is 2. The van der Waals surface area contributed by atoms with Gasteiger partial charge in [-0.3, -0.25) is 0 Å². The average Bonchev–Trinajstić information content (AvgIpc) is 3.27. The number of rotatable bonds is 4. The van der Waals surface area contributed by atoms with Crippen molar-refractivity contribution in [3.63, 3.8) is 0 Å². The maximum absolute atomic E-state index is 10.4. The zero-order valence-corrected chi connectivity index (χ0v) is 28.2. The van der Waals surface area contributed by atoms with Crippen LogP contribution in [0.15, 0.2) is 54.6 Å². The minimum absolute atomic E-state index is 0.341. The molecule has 4 rings (SSSR count). The van der Waals surface area contributed by atoms with E-state index in [4.69, 9.17) is 0 Å². The summed E-state index contributed by atoms with van der Waals surface area (Å²) in [6, 6.07) is 14.7. The predicted molar refractivity (Wildman–Crippen MR) is 185 cm³/mol. The van der Waals surface area contributed by atoms with Crippen molar-refractivity contribution in [3.05, 3.63) is 87.4 Å². The third-order valence-corrected chi connectivity index (χ3v) is 6.80. The van der Waals surface area contributed by atoms with Gasteiger partial charge in [0.2, 0.25) is 0 Å². The monoisotopic (exact) mass is 560 g/mol. The summed E-state index contributed by atoms with van der Waals surface area (Å²) in [5, 5.41) is 16.1. The fraction of sp³-hybridized carbons (Fsp3) is 0.474. The second kappa shape index (κ2) is 20.8. The van der Waals surface area contributed by atoms with Crippen molar-refractivity contribution >= 4 is 12.7 Å². The van der Waals surface area contributed by atoms with Crippen molar-refractivity contribution in [1.29, 1.82) is 0 Å². The molecule has 0 unspecified atom stereocenters. The van der Waals surface area contributed by atoms with Crippen LogP contribution in [-0.2, 0) is 13.0 Å². The van der Waals surface area contributed by atoms with Gasteiger partial charge in [0.25, 0.3) is 0 Å². The van der Waals surface area contributed by atoms with Crippen LogP contribution in [0.25, 0.3) is 23.9 Å². The molecule has 0 spiro atoms. The van der Waals surface area contributed by atoms with Crippen LogP contribution < -0.4 is 15.9 Å². The molecule has 1 aromatic heterocycles. The number of aryl methyl sites for hydroxylation is 4. The van der Waals surface area contributed by atoms with E-state index in [-0.39, 0.29) is 0 Å². The molecule has 2 heterocycles. The van der Waals surface area contributed by atoms with Gasteiger partial charge in [-0.2, -0.15) is 0 Å². The van der Waals surface area contributed by atoms with Crippen LogP contribution in [0.5, 0.6) is 5.75 Å². The van der Waals surface area contributed by atoms with E-state index in [1.165, 1.54) is 35.1 Å². The maximum atomic E-state index is 10.4. The fourth-order valence-corrected chi connectivity index (χ4v) is 4.51. The second-order valence-corrected chi connectivity index (χ2v) is 10.5. The molecule has 41 heavy (non-hydrogen) atoms. The second-order valence-electron chi connectivity index (χ2n) is 10.5. The Hall–Kier alpha value is -3.04. The Morgan fingerprint density at radius 1 is 1.00 bits per heavy atom. The first-order valence-electron chi connectivity index (χ1n) is 15.6. The van der Waals surface area contributed by atoms with Crippen molar-refractivity contribution < 1.29 is 5.11 Å². The number of nitrogens with one attached hydrogen (secondary N) is 1. The predicted octanol–water partition coefficient (Wildman–Crippen LogP) is 8.88. The highest BCUT2D eigenvalue weighted by Crippen LogP contribution is 2.29. The molecule has 1 atom stereocenters. The Labute approximate surface area is 252 Å². The summed E-state index contributed by atoms with van der Waals surface area (Å²) in [5.41, 5.74) is 8.40. The van der Waals surface area contributed by atoms with E-state index in [2.05, 4.69) is 74.2 Å². The van der Waals surface area contributed by atoms with Crippen molar-refractivity contribution in [2.75, 3.05) is 13.1 Å². The lowest BCUT2D eigenvalue weighted by atomic mass is 9.99. The maximum Gasteiger partial charge on any atom is 0.125 e. The lowest BCUT2D eigenvalue weighted by Crippen LogP contribution is -2.36. The third kappa shape index (κ3) is 13.0. The quantitative estimate of drug-likeness (QED) is 0.313. The summed E-state index contributed by atoms with van der Waals surface area (Å²) in [4.78, 5) is 0. The van der Waals surface area contributed by atoms with Crippen LogP contribution in [0.4, 0.5) is 0 Å². The van der Waals surface area contributed by atoms with Gasteiger partial charge in [-0.05, 0) is 125 Å². The number of allylic oxidation sites excluding steroid dienone is 1. The molecule has 3 heteroatoms. The van der Waals surface area contributed by atoms with Crippen molar-refractivity contribution in [1.82, 2.24) is 9.88 Å². The summed E-state index contributed by atoms with van der Waals surface area (Å²) >= 11 is 0.